The van der Waals surface area contributed by atoms with Crippen LogP contribution in [0.3, 0.4) is 0 Å². The van der Waals surface area contributed by atoms with Crippen LogP contribution in [-0.2, 0) is 43.5 Å². The summed E-state index contributed by atoms with van der Waals surface area (Å²) in [6.07, 6.45) is 13.6. The molecular weight excluding hydrogens is 546 g/mol. The average molecular weight is 591 g/mol. The summed E-state index contributed by atoms with van der Waals surface area (Å²) in [5.74, 6) is 0. The van der Waals surface area contributed by atoms with Gasteiger partial charge in [-0.15, -0.1) is 30.2 Å². The summed E-state index contributed by atoms with van der Waals surface area (Å²) in [5.41, 5.74) is 8.70. The number of fused-ring (bicyclic) bond motifs is 3. The van der Waals surface area contributed by atoms with Crippen molar-refractivity contribution in [3.63, 3.8) is 0 Å². The van der Waals surface area contributed by atoms with E-state index in [0.29, 0.717) is 0 Å². The number of halogens is 2. The van der Waals surface area contributed by atoms with Crippen molar-refractivity contribution in [3.8, 4) is 11.1 Å². The van der Waals surface area contributed by atoms with Crippen LogP contribution in [0, 0.1) is 26.5 Å². The molecule has 0 atom stereocenters. The third kappa shape index (κ3) is 12.3. The molecule has 0 radical (unpaired) electrons. The molecule has 2 aromatic carbocycles. The van der Waals surface area contributed by atoms with Gasteiger partial charge in [0.05, 0.1) is 0 Å². The van der Waals surface area contributed by atoms with Gasteiger partial charge in [0.1, 0.15) is 0 Å². The summed E-state index contributed by atoms with van der Waals surface area (Å²) >= 11 is 0. The normalized spacial score (nSPS) is 11.6. The van der Waals surface area contributed by atoms with E-state index in [2.05, 4.69) is 104 Å². The molecule has 0 fully saturated rings. The Bertz CT molecular complexity index is 854. The number of hydrogen-bond donors (Lipinski definition) is 0. The molecule has 3 heteroatoms. The van der Waals surface area contributed by atoms with Gasteiger partial charge in [0.25, 0.3) is 0 Å². The van der Waals surface area contributed by atoms with E-state index in [9.17, 15) is 0 Å². The largest absolute Gasteiger partial charge is 2.00 e. The molecular formula is C32H44Cl2Zr-4. The molecule has 0 heterocycles. The van der Waals surface area contributed by atoms with E-state index in [1.807, 2.05) is 12.2 Å². The van der Waals surface area contributed by atoms with Gasteiger partial charge in [-0.25, -0.2) is 12.2 Å². The molecule has 0 aromatic heterocycles. The summed E-state index contributed by atoms with van der Waals surface area (Å²) < 4.78 is 0. The maximum absolute atomic E-state index is 3.67. The van der Waals surface area contributed by atoms with E-state index in [-0.39, 0.29) is 76.7 Å². The van der Waals surface area contributed by atoms with Crippen LogP contribution in [0.1, 0.15) is 84.1 Å². The molecule has 2 aliphatic carbocycles. The van der Waals surface area contributed by atoms with E-state index in [1.165, 1.54) is 33.4 Å². The molecule has 194 valence electrons. The first-order chi connectivity index (χ1) is 14.1. The van der Waals surface area contributed by atoms with Gasteiger partial charge < -0.3 is 39.2 Å². The fourth-order valence-electron chi connectivity index (χ4n) is 3.37. The Kier molecular flexibility index (Phi) is 21.7. The van der Waals surface area contributed by atoms with Gasteiger partial charge in [0, 0.05) is 0 Å². The van der Waals surface area contributed by atoms with E-state index in [4.69, 9.17) is 0 Å². The Morgan fingerprint density at radius 1 is 0.971 bits per heavy atom. The number of allylic oxidation sites excluding steroid dienone is 5. The van der Waals surface area contributed by atoms with Gasteiger partial charge >= 0.3 is 26.2 Å². The molecule has 0 aliphatic heterocycles. The summed E-state index contributed by atoms with van der Waals surface area (Å²) in [5, 5.41) is 0. The fraction of sp³-hybridized carbons (Fsp3) is 0.375. The molecule has 0 saturated heterocycles. The predicted molar refractivity (Wildman–Crippen MR) is 146 cm³/mol. The van der Waals surface area contributed by atoms with Crippen LogP contribution in [0.2, 0.25) is 0 Å². The molecule has 0 nitrogen and oxygen atoms in total. The van der Waals surface area contributed by atoms with Gasteiger partial charge in [-0.2, -0.15) is 36.3 Å². The second-order valence-electron chi connectivity index (χ2n) is 9.89. The number of hydrogen-bond acceptors (Lipinski definition) is 0. The fourth-order valence-corrected chi connectivity index (χ4v) is 3.37. The van der Waals surface area contributed by atoms with Crippen LogP contribution in [0.15, 0.2) is 61.2 Å². The van der Waals surface area contributed by atoms with Gasteiger partial charge in [0.2, 0.25) is 0 Å². The van der Waals surface area contributed by atoms with Gasteiger partial charge in [-0.1, -0.05) is 72.7 Å². The second-order valence-corrected chi connectivity index (χ2v) is 9.89. The van der Waals surface area contributed by atoms with Crippen molar-refractivity contribution in [1.29, 1.82) is 0 Å². The Labute approximate surface area is 249 Å². The average Bonchev–Trinajstić information content (AvgIpc) is 3.37. The molecule has 4 rings (SSSR count). The zero-order valence-electron chi connectivity index (χ0n) is 22.0. The van der Waals surface area contributed by atoms with Crippen molar-refractivity contribution in [3.05, 3.63) is 110 Å². The maximum Gasteiger partial charge on any atom is 2.00 e. The van der Waals surface area contributed by atoms with Crippen LogP contribution < -0.4 is 24.8 Å². The maximum atomic E-state index is 3.67. The third-order valence-corrected chi connectivity index (χ3v) is 5.25. The van der Waals surface area contributed by atoms with E-state index >= 15 is 0 Å². The van der Waals surface area contributed by atoms with Crippen LogP contribution in [-0.4, -0.2) is 0 Å². The van der Waals surface area contributed by atoms with Crippen molar-refractivity contribution < 1.29 is 51.0 Å². The Morgan fingerprint density at radius 2 is 1.54 bits per heavy atom. The molecule has 2 aliphatic rings. The predicted octanol–water partition coefficient (Wildman–Crippen LogP) is 3.45. The Balaban J connectivity index is -0.000000295. The summed E-state index contributed by atoms with van der Waals surface area (Å²) in [6.45, 7) is 20.5. The minimum atomic E-state index is 0. The van der Waals surface area contributed by atoms with E-state index in [1.54, 1.807) is 6.08 Å². The SMILES string of the molecule is C.C=CC[CH2-].CC(C)(C)c1[c-]c2c(cc1)-c1ccc(C(C)(C)C)cc1C2.[C-]1=CC=CC1.[CH3-].[Cl-].[Cl-].[Zr+2]. The number of rotatable bonds is 1. The molecule has 0 saturated carbocycles. The monoisotopic (exact) mass is 588 g/mol. The summed E-state index contributed by atoms with van der Waals surface area (Å²) in [7, 11) is 0. The Hall–Kier alpha value is -0.877. The molecule has 0 N–H and O–H groups in total. The van der Waals surface area contributed by atoms with Gasteiger partial charge in [-0.05, 0) is 28.4 Å². The molecule has 35 heavy (non-hydrogen) atoms. The van der Waals surface area contributed by atoms with E-state index < -0.39 is 0 Å². The smallest absolute Gasteiger partial charge is 1.00 e. The van der Waals surface area contributed by atoms with Gasteiger partial charge in [0.15, 0.2) is 0 Å². The van der Waals surface area contributed by atoms with Crippen molar-refractivity contribution in [2.24, 2.45) is 0 Å². The second kappa shape index (κ2) is 18.4. The van der Waals surface area contributed by atoms with Crippen molar-refractivity contribution in [2.45, 2.75) is 79.1 Å². The van der Waals surface area contributed by atoms with Crippen LogP contribution in [0.4, 0.5) is 0 Å². The van der Waals surface area contributed by atoms with E-state index in [0.717, 1.165) is 19.3 Å². The zero-order chi connectivity index (χ0) is 22.4. The minimum Gasteiger partial charge on any atom is -1.00 e. The topological polar surface area (TPSA) is 0 Å². The van der Waals surface area contributed by atoms with Crippen molar-refractivity contribution in [1.82, 2.24) is 0 Å². The standard InChI is InChI=1S/C21H25.C5H5.C4H7.CH4.CH3.2ClH.Zr/c1-20(2,3)16-7-9-18-14(12-16)11-15-13-17(21(4,5)6)8-10-19(15)18;1-2-4-5-3-1;1-3-4-2;;;;;/h7-10,12H,11H2,1-6H3;1-3H,4H2;3H,1-2,4H2;1H4;1H3;2*1H;/q3*-1;;-1;;;+2/p-2. The first kappa shape index (κ1) is 41.3. The zero-order valence-corrected chi connectivity index (χ0v) is 26.0. The molecule has 0 unspecified atom stereocenters. The Morgan fingerprint density at radius 3 is 1.94 bits per heavy atom. The quantitative estimate of drug-likeness (QED) is 0.301. The molecule has 2 aromatic rings. The summed E-state index contributed by atoms with van der Waals surface area (Å²) in [6, 6.07) is 15.2. The minimum absolute atomic E-state index is 0. The first-order valence-electron chi connectivity index (χ1n) is 10.9. The summed E-state index contributed by atoms with van der Waals surface area (Å²) in [4.78, 5) is 0. The van der Waals surface area contributed by atoms with Crippen LogP contribution >= 0.6 is 0 Å². The molecule has 0 bridgehead atoms. The van der Waals surface area contributed by atoms with Crippen LogP contribution in [0.25, 0.3) is 11.1 Å². The molecule has 0 spiro atoms. The van der Waals surface area contributed by atoms with Gasteiger partial charge in [-0.3, -0.25) is 6.08 Å². The van der Waals surface area contributed by atoms with Crippen molar-refractivity contribution in [2.75, 3.05) is 0 Å². The first-order valence-corrected chi connectivity index (χ1v) is 10.9. The van der Waals surface area contributed by atoms with Crippen molar-refractivity contribution >= 4 is 0 Å². The molecule has 0 amide bonds. The third-order valence-electron chi connectivity index (χ3n) is 5.25. The van der Waals surface area contributed by atoms with Crippen LogP contribution in [0.5, 0.6) is 0 Å². The number of benzene rings is 2.